The van der Waals surface area contributed by atoms with Crippen molar-refractivity contribution in [3.8, 4) is 17.2 Å². The maximum absolute atomic E-state index is 14.1. The highest BCUT2D eigenvalue weighted by Gasteiger charge is 2.46. The van der Waals surface area contributed by atoms with E-state index in [4.69, 9.17) is 9.47 Å². The normalized spacial score (nSPS) is 23.5. The summed E-state index contributed by atoms with van der Waals surface area (Å²) in [6.07, 6.45) is 7.54. The molecule has 0 spiro atoms. The molecule has 0 amide bonds. The Hall–Kier alpha value is -3.68. The number of nitrogens with zero attached hydrogens (tertiary/aromatic N) is 4. The van der Waals surface area contributed by atoms with Gasteiger partial charge in [-0.15, -0.1) is 0 Å². The van der Waals surface area contributed by atoms with Crippen molar-refractivity contribution < 1.29 is 33.8 Å². The summed E-state index contributed by atoms with van der Waals surface area (Å²) in [6.45, 7) is 9.01. The van der Waals surface area contributed by atoms with Crippen LogP contribution in [0, 0.1) is 11.8 Å². The van der Waals surface area contributed by atoms with Crippen molar-refractivity contribution in [3.63, 3.8) is 0 Å². The second kappa shape index (κ2) is 14.0. The number of piperidine rings is 1. The Morgan fingerprint density at radius 1 is 0.857 bits per heavy atom. The van der Waals surface area contributed by atoms with Gasteiger partial charge in [0.05, 0.1) is 5.69 Å². The smallest absolute Gasteiger partial charge is 0.340 e. The zero-order valence-corrected chi connectivity index (χ0v) is 25.7. The van der Waals surface area contributed by atoms with Crippen molar-refractivity contribution in [1.29, 1.82) is 0 Å². The van der Waals surface area contributed by atoms with E-state index in [9.17, 15) is 24.3 Å². The van der Waals surface area contributed by atoms with Gasteiger partial charge >= 0.3 is 11.9 Å². The maximum atomic E-state index is 14.1. The summed E-state index contributed by atoms with van der Waals surface area (Å²) in [4.78, 5) is 63.1. The van der Waals surface area contributed by atoms with Crippen LogP contribution in [-0.4, -0.2) is 67.5 Å². The van der Waals surface area contributed by atoms with Crippen molar-refractivity contribution in [2.75, 3.05) is 37.0 Å². The highest BCUT2D eigenvalue weighted by atomic mass is 16.6. The van der Waals surface area contributed by atoms with Crippen LogP contribution in [0.4, 0.5) is 11.4 Å². The van der Waals surface area contributed by atoms with Crippen LogP contribution in [0.15, 0.2) is 16.1 Å². The van der Waals surface area contributed by atoms with Gasteiger partial charge in [0.2, 0.25) is 12.2 Å². The summed E-state index contributed by atoms with van der Waals surface area (Å²) in [5.74, 6) is -2.02. The van der Waals surface area contributed by atoms with Gasteiger partial charge in [-0.2, -0.15) is 9.98 Å². The average molecular weight is 585 g/mol. The second-order valence-corrected chi connectivity index (χ2v) is 12.5. The number of hydrogen-bond acceptors (Lipinski definition) is 11. The fourth-order valence-electron chi connectivity index (χ4n) is 6.19. The first-order valence-corrected chi connectivity index (χ1v) is 14.8. The molecule has 11 nitrogen and oxygen atoms in total. The number of isocyanates is 2. The molecule has 1 aromatic carbocycles. The maximum Gasteiger partial charge on any atom is 0.340 e. The summed E-state index contributed by atoms with van der Waals surface area (Å²) in [5.41, 5.74) is -2.46. The Morgan fingerprint density at radius 2 is 1.33 bits per heavy atom. The molecular weight excluding hydrogens is 540 g/mol. The molecule has 0 saturated carbocycles. The number of aliphatic imine (C=N–C) groups is 2. The number of benzene rings is 1. The van der Waals surface area contributed by atoms with E-state index in [-0.39, 0.29) is 60.5 Å². The minimum atomic E-state index is -1.56. The Morgan fingerprint density at radius 3 is 1.76 bits per heavy atom. The summed E-state index contributed by atoms with van der Waals surface area (Å²) in [7, 11) is 3.36. The van der Waals surface area contributed by atoms with E-state index < -0.39 is 23.0 Å². The zero-order chi connectivity index (χ0) is 31.1. The molecule has 11 heteroatoms. The van der Waals surface area contributed by atoms with E-state index in [1.165, 1.54) is 6.07 Å². The first-order valence-electron chi connectivity index (χ1n) is 14.8. The molecule has 2 aliphatic rings. The van der Waals surface area contributed by atoms with Crippen LogP contribution < -0.4 is 19.3 Å². The largest absolute Gasteiger partial charge is 0.504 e. The van der Waals surface area contributed by atoms with Crippen LogP contribution in [0.2, 0.25) is 0 Å². The number of rotatable bonds is 8. The molecule has 230 valence electrons. The molecule has 2 heterocycles. The van der Waals surface area contributed by atoms with Crippen molar-refractivity contribution in [1.82, 2.24) is 0 Å². The van der Waals surface area contributed by atoms with E-state index in [0.29, 0.717) is 31.6 Å². The van der Waals surface area contributed by atoms with E-state index in [1.54, 1.807) is 31.2 Å². The molecule has 42 heavy (non-hydrogen) atoms. The highest BCUT2D eigenvalue weighted by molar-refractivity contribution is 5.93. The third kappa shape index (κ3) is 7.20. The molecule has 3 rings (SSSR count). The third-order valence-electron chi connectivity index (χ3n) is 7.90. The third-order valence-corrected chi connectivity index (χ3v) is 7.90. The van der Waals surface area contributed by atoms with Gasteiger partial charge < -0.3 is 24.4 Å². The lowest BCUT2D eigenvalue weighted by Gasteiger charge is -2.34. The molecule has 1 N–H and O–H groups in total. The van der Waals surface area contributed by atoms with E-state index >= 15 is 0 Å². The van der Waals surface area contributed by atoms with Gasteiger partial charge in [-0.1, -0.05) is 40.5 Å². The molecule has 2 atom stereocenters. The van der Waals surface area contributed by atoms with Crippen LogP contribution in [-0.2, 0) is 19.2 Å². The van der Waals surface area contributed by atoms with E-state index in [1.807, 2.05) is 32.6 Å². The number of fused-ring (bicyclic) bond motifs is 2. The molecule has 2 bridgehead atoms. The molecule has 0 radical (unpaired) electrons. The van der Waals surface area contributed by atoms with Gasteiger partial charge in [0.15, 0.2) is 28.3 Å². The van der Waals surface area contributed by atoms with E-state index in [2.05, 4.69) is 9.98 Å². The van der Waals surface area contributed by atoms with Crippen LogP contribution in [0.5, 0.6) is 17.2 Å². The van der Waals surface area contributed by atoms with Gasteiger partial charge in [0.25, 0.3) is 0 Å². The lowest BCUT2D eigenvalue weighted by Crippen LogP contribution is -2.42. The predicted molar refractivity (Wildman–Crippen MR) is 159 cm³/mol. The quantitative estimate of drug-likeness (QED) is 0.192. The minimum absolute atomic E-state index is 0.0137. The Balaban J connectivity index is 2.36. The number of phenolic OH excluding ortho intramolecular Hbond substituents is 1. The van der Waals surface area contributed by atoms with Gasteiger partial charge in [0, 0.05) is 33.3 Å². The standard InChI is InChI=1S/C31H44N4O7/c1-21(2)17-30(32-19-36)12-8-9-13-31(33-20-37,18-22(3)4)29(40)42-27-24(38)16-23(35-14-10-7-11-15-35)26(41-28(30)39)25(27)34(5)6/h16,21-22,38H,7-15,17-18H2,1-6H3/t30-,31-/m1/s1. The predicted octanol–water partition coefficient (Wildman–Crippen LogP) is 5.07. The van der Waals surface area contributed by atoms with Gasteiger partial charge in [-0.25, -0.2) is 19.2 Å². The number of carbonyl (C=O) groups excluding carboxylic acids is 4. The van der Waals surface area contributed by atoms with Crippen molar-refractivity contribution in [2.45, 2.75) is 96.6 Å². The molecule has 0 aliphatic carbocycles. The fraction of sp³-hybridized carbons (Fsp3) is 0.677. The fourth-order valence-corrected chi connectivity index (χ4v) is 6.19. The summed E-state index contributed by atoms with van der Waals surface area (Å²) < 4.78 is 12.1. The first kappa shape index (κ1) is 32.8. The average Bonchev–Trinajstić information content (AvgIpc) is 2.92. The monoisotopic (exact) mass is 584 g/mol. The number of esters is 2. The lowest BCUT2D eigenvalue weighted by atomic mass is 9.81. The topological polar surface area (TPSA) is 138 Å². The van der Waals surface area contributed by atoms with Gasteiger partial charge in [-0.3, -0.25) is 0 Å². The first-order chi connectivity index (χ1) is 19.9. The number of ether oxygens (including phenoxy) is 2. The van der Waals surface area contributed by atoms with Gasteiger partial charge in [0.1, 0.15) is 5.69 Å². The molecule has 2 aliphatic heterocycles. The number of carbonyl (C=O) groups is 2. The molecule has 1 saturated heterocycles. The minimum Gasteiger partial charge on any atom is -0.504 e. The van der Waals surface area contributed by atoms with Crippen LogP contribution in [0.3, 0.4) is 0 Å². The van der Waals surface area contributed by atoms with Crippen molar-refractivity contribution in [2.24, 2.45) is 21.8 Å². The number of phenols is 1. The number of aromatic hydroxyl groups is 1. The SMILES string of the molecule is CC(C)C[C@]1(N=C=O)CCCC[C@](CC(C)C)(N=C=O)C(=O)Oc2c(N3CCCCC3)cc(O)c(c2N(C)C)OC1=O. The molecule has 0 aromatic heterocycles. The van der Waals surface area contributed by atoms with Crippen LogP contribution in [0.1, 0.15) is 85.5 Å². The van der Waals surface area contributed by atoms with Crippen molar-refractivity contribution in [3.05, 3.63) is 6.07 Å². The Kier molecular flexibility index (Phi) is 10.9. The van der Waals surface area contributed by atoms with Crippen LogP contribution >= 0.6 is 0 Å². The molecule has 0 unspecified atom stereocenters. The molecular formula is C31H44N4O7. The second-order valence-electron chi connectivity index (χ2n) is 12.5. The van der Waals surface area contributed by atoms with E-state index in [0.717, 1.165) is 19.3 Å². The lowest BCUT2D eigenvalue weighted by molar-refractivity contribution is -0.142. The number of hydrogen-bond donors (Lipinski definition) is 1. The van der Waals surface area contributed by atoms with Gasteiger partial charge in [-0.05, 0) is 56.8 Å². The van der Waals surface area contributed by atoms with Crippen LogP contribution in [0.25, 0.3) is 0 Å². The molecule has 1 aromatic rings. The number of anilines is 2. The Labute approximate surface area is 248 Å². The summed E-state index contributed by atoms with van der Waals surface area (Å²) in [6, 6.07) is 1.43. The summed E-state index contributed by atoms with van der Waals surface area (Å²) in [5, 5.41) is 11.3. The van der Waals surface area contributed by atoms with Crippen molar-refractivity contribution >= 4 is 35.5 Å². The summed E-state index contributed by atoms with van der Waals surface area (Å²) >= 11 is 0. The molecule has 1 fully saturated rings. The highest BCUT2D eigenvalue weighted by Crippen LogP contribution is 2.51. The zero-order valence-electron chi connectivity index (χ0n) is 25.7. The Bertz CT molecular complexity index is 1240.